The number of carboxylic acids is 1. The number of ketones is 1. The number of phenolic OH excluding ortho intramolecular Hbond substituents is 1. The number of pyridine rings is 1. The number of H-pyrrole nitrogens is 1. The standard InChI is InChI=1S/C19H18N4O4S/c1-22-8-23(2)18(28-3)16(22)17(25)15-14-11(7-13(21-15)19(26)27)10-6-9(24)4-5-12(10)20-14/h4-7,20,24H,8H2,1-3H3,(H,26,27). The average molecular weight is 398 g/mol. The molecule has 3 aromatic rings. The topological polar surface area (TPSA) is 110 Å². The van der Waals surface area contributed by atoms with Crippen LogP contribution < -0.4 is 0 Å². The first-order chi connectivity index (χ1) is 13.3. The summed E-state index contributed by atoms with van der Waals surface area (Å²) in [6.07, 6.45) is 1.89. The van der Waals surface area contributed by atoms with Crippen LogP contribution in [0.25, 0.3) is 21.8 Å². The number of aromatic hydroxyl groups is 1. The van der Waals surface area contributed by atoms with Crippen molar-refractivity contribution < 1.29 is 19.8 Å². The Labute approximate surface area is 164 Å². The Kier molecular flexibility index (Phi) is 4.19. The number of hydrogen-bond acceptors (Lipinski definition) is 7. The van der Waals surface area contributed by atoms with Gasteiger partial charge in [0, 0.05) is 30.4 Å². The lowest BCUT2D eigenvalue weighted by atomic mass is 10.1. The summed E-state index contributed by atoms with van der Waals surface area (Å²) in [6, 6.07) is 6.16. The molecule has 1 aliphatic heterocycles. The van der Waals surface area contributed by atoms with E-state index in [1.165, 1.54) is 30.0 Å². The van der Waals surface area contributed by atoms with E-state index in [1.54, 1.807) is 6.07 Å². The second kappa shape index (κ2) is 6.45. The number of nitrogens with one attached hydrogen (secondary N) is 1. The minimum atomic E-state index is -1.22. The van der Waals surface area contributed by atoms with E-state index < -0.39 is 5.97 Å². The summed E-state index contributed by atoms with van der Waals surface area (Å²) >= 11 is 1.45. The fourth-order valence-electron chi connectivity index (χ4n) is 3.59. The van der Waals surface area contributed by atoms with Crippen LogP contribution in [0, 0.1) is 0 Å². The number of thioether (sulfide) groups is 1. The van der Waals surface area contributed by atoms with Gasteiger partial charge in [0.1, 0.15) is 22.8 Å². The highest BCUT2D eigenvalue weighted by Gasteiger charge is 2.32. The number of phenols is 1. The molecule has 8 nitrogen and oxygen atoms in total. The van der Waals surface area contributed by atoms with Crippen LogP contribution in [-0.4, -0.2) is 68.8 Å². The number of likely N-dealkylation sites (N-methyl/N-ethyl adjacent to an activating group) is 1. The van der Waals surface area contributed by atoms with Crippen LogP contribution >= 0.6 is 11.8 Å². The molecule has 0 aliphatic carbocycles. The molecule has 0 bridgehead atoms. The van der Waals surface area contributed by atoms with Gasteiger partial charge in [-0.25, -0.2) is 9.78 Å². The quantitative estimate of drug-likeness (QED) is 0.576. The summed E-state index contributed by atoms with van der Waals surface area (Å²) in [4.78, 5) is 36.2. The molecule has 144 valence electrons. The highest BCUT2D eigenvalue weighted by molar-refractivity contribution is 8.02. The molecule has 0 amide bonds. The molecule has 0 saturated carbocycles. The number of nitrogens with zero attached hydrogens (tertiary/aromatic N) is 3. The summed E-state index contributed by atoms with van der Waals surface area (Å²) in [7, 11) is 3.71. The number of rotatable bonds is 4. The smallest absolute Gasteiger partial charge is 0.354 e. The lowest BCUT2D eigenvalue weighted by Crippen LogP contribution is -2.24. The van der Waals surface area contributed by atoms with Crippen LogP contribution in [0.1, 0.15) is 21.0 Å². The number of fused-ring (bicyclic) bond motifs is 3. The van der Waals surface area contributed by atoms with E-state index in [0.717, 1.165) is 5.03 Å². The van der Waals surface area contributed by atoms with Gasteiger partial charge < -0.3 is 25.0 Å². The second-order valence-electron chi connectivity index (χ2n) is 6.66. The normalized spacial score (nSPS) is 14.5. The van der Waals surface area contributed by atoms with Gasteiger partial charge in [0.05, 0.1) is 17.2 Å². The SMILES string of the molecule is CSC1=C(C(=O)c2nc(C(=O)O)cc3c2[nH]c2ccc(O)cc23)N(C)CN1C. The van der Waals surface area contributed by atoms with E-state index in [2.05, 4.69) is 9.97 Å². The first-order valence-corrected chi connectivity index (χ1v) is 9.68. The summed E-state index contributed by atoms with van der Waals surface area (Å²) in [6.45, 7) is 0.555. The van der Waals surface area contributed by atoms with Gasteiger partial charge in [-0.15, -0.1) is 11.8 Å². The minimum Gasteiger partial charge on any atom is -0.508 e. The van der Waals surface area contributed by atoms with Crippen molar-refractivity contribution in [2.75, 3.05) is 27.0 Å². The number of carboxylic acid groups (broad SMARTS) is 1. The molecular weight excluding hydrogens is 380 g/mol. The van der Waals surface area contributed by atoms with E-state index >= 15 is 0 Å². The third-order valence-corrected chi connectivity index (χ3v) is 5.66. The van der Waals surface area contributed by atoms with Crippen molar-refractivity contribution >= 4 is 45.3 Å². The van der Waals surface area contributed by atoms with Crippen LogP contribution in [-0.2, 0) is 0 Å². The summed E-state index contributed by atoms with van der Waals surface area (Å²) in [5, 5.41) is 21.3. The van der Waals surface area contributed by atoms with E-state index in [1.807, 2.05) is 30.2 Å². The van der Waals surface area contributed by atoms with Gasteiger partial charge in [-0.1, -0.05) is 0 Å². The van der Waals surface area contributed by atoms with Gasteiger partial charge >= 0.3 is 5.97 Å². The Morgan fingerprint density at radius 3 is 2.61 bits per heavy atom. The fraction of sp³-hybridized carbons (Fsp3) is 0.211. The Balaban J connectivity index is 2.03. The third kappa shape index (κ3) is 2.66. The number of carbonyl (C=O) groups is 2. The van der Waals surface area contributed by atoms with Crippen LogP contribution in [0.15, 0.2) is 35.0 Å². The van der Waals surface area contributed by atoms with Gasteiger partial charge in [0.25, 0.3) is 0 Å². The van der Waals surface area contributed by atoms with Crippen molar-refractivity contribution in [2.45, 2.75) is 0 Å². The molecule has 0 fully saturated rings. The fourth-order valence-corrected chi connectivity index (χ4v) is 4.40. The summed E-state index contributed by atoms with van der Waals surface area (Å²) < 4.78 is 0. The molecule has 4 rings (SSSR count). The minimum absolute atomic E-state index is 0.0503. The molecule has 28 heavy (non-hydrogen) atoms. The lowest BCUT2D eigenvalue weighted by molar-refractivity contribution is 0.0690. The molecule has 0 radical (unpaired) electrons. The van der Waals surface area contributed by atoms with Gasteiger partial charge in [0.15, 0.2) is 0 Å². The zero-order valence-corrected chi connectivity index (χ0v) is 16.3. The van der Waals surface area contributed by atoms with E-state index in [4.69, 9.17) is 0 Å². The van der Waals surface area contributed by atoms with Crippen molar-refractivity contribution in [3.63, 3.8) is 0 Å². The molecule has 9 heteroatoms. The number of benzene rings is 1. The first-order valence-electron chi connectivity index (χ1n) is 8.45. The number of carbonyl (C=O) groups excluding carboxylic acids is 1. The molecule has 2 aromatic heterocycles. The van der Waals surface area contributed by atoms with E-state index in [9.17, 15) is 19.8 Å². The first kappa shape index (κ1) is 18.2. The number of allylic oxidation sites excluding steroid dienone is 1. The van der Waals surface area contributed by atoms with E-state index in [0.29, 0.717) is 34.2 Å². The Morgan fingerprint density at radius 1 is 1.18 bits per heavy atom. The maximum atomic E-state index is 13.4. The third-order valence-electron chi connectivity index (χ3n) is 4.77. The number of aromatic amines is 1. The van der Waals surface area contributed by atoms with Crippen LogP contribution in [0.2, 0.25) is 0 Å². The molecule has 0 atom stereocenters. The molecule has 3 heterocycles. The van der Waals surface area contributed by atoms with Crippen molar-refractivity contribution in [1.29, 1.82) is 0 Å². The Hall–Kier alpha value is -3.20. The molecule has 0 spiro atoms. The van der Waals surface area contributed by atoms with Crippen LogP contribution in [0.5, 0.6) is 5.75 Å². The molecule has 1 aromatic carbocycles. The zero-order valence-electron chi connectivity index (χ0n) is 15.5. The van der Waals surface area contributed by atoms with Crippen LogP contribution in [0.4, 0.5) is 0 Å². The number of hydrogen-bond donors (Lipinski definition) is 3. The van der Waals surface area contributed by atoms with Gasteiger partial charge in [0.2, 0.25) is 5.78 Å². The van der Waals surface area contributed by atoms with Crippen LogP contribution in [0.3, 0.4) is 0 Å². The monoisotopic (exact) mass is 398 g/mol. The number of aromatic nitrogens is 2. The number of aromatic carboxylic acids is 1. The van der Waals surface area contributed by atoms with Crippen molar-refractivity contribution in [3.05, 3.63) is 46.4 Å². The molecule has 0 saturated heterocycles. The zero-order chi connectivity index (χ0) is 20.2. The molecule has 0 unspecified atom stereocenters. The van der Waals surface area contributed by atoms with E-state index in [-0.39, 0.29) is 22.9 Å². The number of Topliss-reactive ketones (excluding diaryl/α,β-unsaturated/α-hetero) is 1. The maximum Gasteiger partial charge on any atom is 0.354 e. The highest BCUT2D eigenvalue weighted by atomic mass is 32.2. The van der Waals surface area contributed by atoms with Crippen molar-refractivity contribution in [1.82, 2.24) is 19.8 Å². The molecule has 3 N–H and O–H groups in total. The average Bonchev–Trinajstić information content (AvgIpc) is 3.16. The highest BCUT2D eigenvalue weighted by Crippen LogP contribution is 2.34. The Bertz CT molecular complexity index is 1180. The predicted molar refractivity (Wildman–Crippen MR) is 107 cm³/mol. The van der Waals surface area contributed by atoms with Gasteiger partial charge in [-0.3, -0.25) is 4.79 Å². The Morgan fingerprint density at radius 2 is 1.93 bits per heavy atom. The lowest BCUT2D eigenvalue weighted by Gasteiger charge is -2.15. The molecule has 1 aliphatic rings. The van der Waals surface area contributed by atoms with Crippen molar-refractivity contribution in [3.8, 4) is 5.75 Å². The van der Waals surface area contributed by atoms with Gasteiger partial charge in [-0.2, -0.15) is 0 Å². The largest absolute Gasteiger partial charge is 0.508 e. The molecular formula is C19H18N4O4S. The second-order valence-corrected chi connectivity index (χ2v) is 7.46. The maximum absolute atomic E-state index is 13.4. The summed E-state index contributed by atoms with van der Waals surface area (Å²) in [5.41, 5.74) is 1.44. The van der Waals surface area contributed by atoms with Gasteiger partial charge in [-0.05, 0) is 30.5 Å². The summed E-state index contributed by atoms with van der Waals surface area (Å²) in [5.74, 6) is -1.51. The van der Waals surface area contributed by atoms with Crippen molar-refractivity contribution in [2.24, 2.45) is 0 Å². The predicted octanol–water partition coefficient (Wildman–Crippen LogP) is 2.67.